The zero-order valence-corrected chi connectivity index (χ0v) is 14.2. The van der Waals surface area contributed by atoms with Gasteiger partial charge in [0.2, 0.25) is 0 Å². The highest BCUT2D eigenvalue weighted by Gasteiger charge is 2.37. The van der Waals surface area contributed by atoms with Gasteiger partial charge in [-0.3, -0.25) is 4.90 Å². The van der Waals surface area contributed by atoms with Crippen molar-refractivity contribution in [3.63, 3.8) is 0 Å². The Hall–Kier alpha value is -2.12. The average molecular weight is 313 g/mol. The molecule has 0 N–H and O–H groups in total. The van der Waals surface area contributed by atoms with Gasteiger partial charge in [0.25, 0.3) is 0 Å². The molecule has 0 aromatic heterocycles. The second-order valence-electron chi connectivity index (χ2n) is 7.45. The topological polar surface area (TPSA) is 3.24 Å². The van der Waals surface area contributed by atoms with E-state index in [0.717, 1.165) is 12.1 Å². The molecular formula is C23H23N. The van der Waals surface area contributed by atoms with Gasteiger partial charge in [-0.15, -0.1) is 0 Å². The van der Waals surface area contributed by atoms with Crippen LogP contribution >= 0.6 is 0 Å². The molecule has 2 atom stereocenters. The van der Waals surface area contributed by atoms with Crippen LogP contribution < -0.4 is 0 Å². The molecule has 3 aliphatic rings. The largest absolute Gasteiger partial charge is 0.300 e. The molecular weight excluding hydrogens is 290 g/mol. The maximum absolute atomic E-state index is 2.62. The molecule has 5 rings (SSSR count). The molecule has 0 radical (unpaired) electrons. The molecule has 2 unspecified atom stereocenters. The Balaban J connectivity index is 1.76. The smallest absolute Gasteiger partial charge is 0.0133 e. The van der Waals surface area contributed by atoms with E-state index in [-0.39, 0.29) is 0 Å². The molecule has 0 spiro atoms. The lowest BCUT2D eigenvalue weighted by atomic mass is 9.84. The number of rotatable bonds is 0. The van der Waals surface area contributed by atoms with Gasteiger partial charge in [-0.25, -0.2) is 0 Å². The SMILES string of the molecule is CN1C2CCC1CC(=C1c3ccccc3C=Cc3ccccc31)C2. The second-order valence-corrected chi connectivity index (χ2v) is 7.45. The zero-order valence-electron chi connectivity index (χ0n) is 14.2. The highest BCUT2D eigenvalue weighted by Crippen LogP contribution is 2.44. The van der Waals surface area contributed by atoms with E-state index in [1.807, 2.05) is 0 Å². The predicted molar refractivity (Wildman–Crippen MR) is 102 cm³/mol. The van der Waals surface area contributed by atoms with Crippen molar-refractivity contribution in [3.8, 4) is 0 Å². The molecule has 2 aliphatic heterocycles. The summed E-state index contributed by atoms with van der Waals surface area (Å²) in [6.45, 7) is 0. The third kappa shape index (κ3) is 2.12. The van der Waals surface area contributed by atoms with Crippen LogP contribution in [-0.2, 0) is 0 Å². The normalized spacial score (nSPS) is 25.4. The fraction of sp³-hybridized carbons (Fsp3) is 0.304. The molecule has 2 aromatic rings. The van der Waals surface area contributed by atoms with E-state index in [0.29, 0.717) is 0 Å². The summed E-state index contributed by atoms with van der Waals surface area (Å²) in [7, 11) is 2.32. The Bertz CT molecular complexity index is 790. The standard InChI is InChI=1S/C23H23N/c1-24-19-12-13-20(24)15-18(14-19)23-21-8-4-2-6-16(21)10-11-17-7-3-5-9-22(17)23/h2-11,19-20H,12-15H2,1H3. The average Bonchev–Trinajstić information content (AvgIpc) is 2.81. The van der Waals surface area contributed by atoms with Crippen LogP contribution in [0.25, 0.3) is 17.7 Å². The lowest BCUT2D eigenvalue weighted by Crippen LogP contribution is -2.37. The van der Waals surface area contributed by atoms with Crippen molar-refractivity contribution in [3.05, 3.63) is 76.4 Å². The van der Waals surface area contributed by atoms with Crippen molar-refractivity contribution in [2.75, 3.05) is 7.05 Å². The van der Waals surface area contributed by atoms with Gasteiger partial charge in [-0.1, -0.05) is 66.3 Å². The highest BCUT2D eigenvalue weighted by atomic mass is 15.2. The van der Waals surface area contributed by atoms with E-state index >= 15 is 0 Å². The number of benzene rings is 2. The first-order valence-electron chi connectivity index (χ1n) is 9.12. The van der Waals surface area contributed by atoms with Crippen molar-refractivity contribution < 1.29 is 0 Å². The van der Waals surface area contributed by atoms with Crippen molar-refractivity contribution in [2.45, 2.75) is 37.8 Å². The Labute approximate surface area is 144 Å². The first kappa shape index (κ1) is 14.2. The quantitative estimate of drug-likeness (QED) is 0.549. The lowest BCUT2D eigenvalue weighted by molar-refractivity contribution is 0.210. The van der Waals surface area contributed by atoms with Gasteiger partial charge in [0, 0.05) is 12.1 Å². The Morgan fingerprint density at radius 2 is 1.25 bits per heavy atom. The van der Waals surface area contributed by atoms with Crippen LogP contribution in [0.2, 0.25) is 0 Å². The van der Waals surface area contributed by atoms with Crippen molar-refractivity contribution in [1.82, 2.24) is 4.90 Å². The maximum Gasteiger partial charge on any atom is 0.0133 e. The Morgan fingerprint density at radius 1 is 0.750 bits per heavy atom. The molecule has 2 aromatic carbocycles. The van der Waals surface area contributed by atoms with E-state index in [9.17, 15) is 0 Å². The van der Waals surface area contributed by atoms with E-state index in [1.165, 1.54) is 53.5 Å². The summed E-state index contributed by atoms with van der Waals surface area (Å²) >= 11 is 0. The molecule has 1 aliphatic carbocycles. The monoisotopic (exact) mass is 313 g/mol. The van der Waals surface area contributed by atoms with Gasteiger partial charge in [0.15, 0.2) is 0 Å². The Kier molecular flexibility index (Phi) is 3.24. The summed E-state index contributed by atoms with van der Waals surface area (Å²) < 4.78 is 0. The molecule has 120 valence electrons. The fourth-order valence-electron chi connectivity index (χ4n) is 4.88. The third-order valence-corrected chi connectivity index (χ3v) is 6.21. The minimum atomic E-state index is 0.738. The number of fused-ring (bicyclic) bond motifs is 4. The summed E-state index contributed by atoms with van der Waals surface area (Å²) in [6.07, 6.45) is 9.74. The fourth-order valence-corrected chi connectivity index (χ4v) is 4.88. The molecule has 2 heterocycles. The maximum atomic E-state index is 2.62. The third-order valence-electron chi connectivity index (χ3n) is 6.21. The minimum Gasteiger partial charge on any atom is -0.300 e. The van der Waals surface area contributed by atoms with Crippen LogP contribution in [0, 0.1) is 0 Å². The summed E-state index contributed by atoms with van der Waals surface area (Å²) in [5.74, 6) is 0. The van der Waals surface area contributed by atoms with Crippen molar-refractivity contribution >= 4 is 17.7 Å². The van der Waals surface area contributed by atoms with Crippen LogP contribution in [0.1, 0.15) is 47.9 Å². The van der Waals surface area contributed by atoms with Crippen LogP contribution in [0.5, 0.6) is 0 Å². The van der Waals surface area contributed by atoms with Gasteiger partial charge in [0.05, 0.1) is 0 Å². The number of hydrogen-bond acceptors (Lipinski definition) is 1. The van der Waals surface area contributed by atoms with Crippen LogP contribution in [0.3, 0.4) is 0 Å². The van der Waals surface area contributed by atoms with E-state index < -0.39 is 0 Å². The summed E-state index contributed by atoms with van der Waals surface area (Å²) in [5, 5.41) is 0. The van der Waals surface area contributed by atoms with E-state index in [2.05, 4.69) is 72.6 Å². The predicted octanol–water partition coefficient (Wildman–Crippen LogP) is 5.23. The molecule has 2 saturated heterocycles. The second kappa shape index (κ2) is 5.46. The summed E-state index contributed by atoms with van der Waals surface area (Å²) in [6, 6.07) is 19.3. The number of nitrogens with zero attached hydrogens (tertiary/aromatic N) is 1. The molecule has 1 heteroatoms. The van der Waals surface area contributed by atoms with Crippen LogP contribution in [0.4, 0.5) is 0 Å². The molecule has 0 saturated carbocycles. The molecule has 2 bridgehead atoms. The molecule has 1 nitrogen and oxygen atoms in total. The van der Waals surface area contributed by atoms with Gasteiger partial charge >= 0.3 is 0 Å². The van der Waals surface area contributed by atoms with Crippen molar-refractivity contribution in [1.29, 1.82) is 0 Å². The zero-order chi connectivity index (χ0) is 16.1. The van der Waals surface area contributed by atoms with Crippen molar-refractivity contribution in [2.24, 2.45) is 0 Å². The lowest BCUT2D eigenvalue weighted by Gasteiger charge is -2.34. The van der Waals surface area contributed by atoms with Gasteiger partial charge < -0.3 is 0 Å². The summed E-state index contributed by atoms with van der Waals surface area (Å²) in [4.78, 5) is 2.62. The van der Waals surface area contributed by atoms with Crippen LogP contribution in [-0.4, -0.2) is 24.0 Å². The number of piperidine rings is 1. The van der Waals surface area contributed by atoms with E-state index in [1.54, 1.807) is 5.57 Å². The first-order chi connectivity index (χ1) is 11.8. The van der Waals surface area contributed by atoms with Crippen LogP contribution in [0.15, 0.2) is 54.1 Å². The van der Waals surface area contributed by atoms with E-state index in [4.69, 9.17) is 0 Å². The molecule has 24 heavy (non-hydrogen) atoms. The summed E-state index contributed by atoms with van der Waals surface area (Å²) in [5.41, 5.74) is 8.71. The first-order valence-corrected chi connectivity index (χ1v) is 9.12. The van der Waals surface area contributed by atoms with Gasteiger partial charge in [-0.2, -0.15) is 0 Å². The molecule has 2 fully saturated rings. The Morgan fingerprint density at radius 3 is 1.79 bits per heavy atom. The number of hydrogen-bond donors (Lipinski definition) is 0. The minimum absolute atomic E-state index is 0.738. The van der Waals surface area contributed by atoms with Gasteiger partial charge in [-0.05, 0) is 60.6 Å². The van der Waals surface area contributed by atoms with Gasteiger partial charge in [0.1, 0.15) is 0 Å². The highest BCUT2D eigenvalue weighted by molar-refractivity contribution is 5.95. The molecule has 0 amide bonds.